The van der Waals surface area contributed by atoms with E-state index in [1.165, 1.54) is 6.20 Å². The van der Waals surface area contributed by atoms with Gasteiger partial charge < -0.3 is 5.73 Å². The van der Waals surface area contributed by atoms with Gasteiger partial charge >= 0.3 is 0 Å². The number of hydrazone groups is 1. The molecule has 0 saturated heterocycles. The molecule has 3 N–H and O–H groups in total. The van der Waals surface area contributed by atoms with Gasteiger partial charge in [-0.05, 0) is 6.92 Å². The minimum absolute atomic E-state index is 0.801. The summed E-state index contributed by atoms with van der Waals surface area (Å²) in [6.07, 6.45) is 1.43. The highest BCUT2D eigenvalue weighted by Gasteiger charge is 1.73. The van der Waals surface area contributed by atoms with Gasteiger partial charge in [0.05, 0.1) is 0 Å². The van der Waals surface area contributed by atoms with E-state index in [-0.39, 0.29) is 0 Å². The minimum atomic E-state index is 0.801. The molecular weight excluding hydrogens is 90.1 g/mol. The average Bonchev–Trinajstić information content (AvgIpc) is 1.68. The second-order valence-electron chi connectivity index (χ2n) is 1.12. The fraction of sp³-hybridized carbons (Fsp3) is 0.250. The third kappa shape index (κ3) is 2.82. The van der Waals surface area contributed by atoms with Crippen LogP contribution in [0.5, 0.6) is 0 Å². The largest absolute Gasteiger partial charge is 0.403 e. The molecule has 0 unspecified atom stereocenters. The first-order valence-corrected chi connectivity index (χ1v) is 1.91. The lowest BCUT2D eigenvalue weighted by Gasteiger charge is -1.92. The highest BCUT2D eigenvalue weighted by atomic mass is 15.3. The normalized spacial score (nSPS) is 10.7. The van der Waals surface area contributed by atoms with Crippen molar-refractivity contribution in [1.29, 1.82) is 0 Å². The van der Waals surface area contributed by atoms with Crippen molar-refractivity contribution < 1.29 is 0 Å². The van der Waals surface area contributed by atoms with Crippen LogP contribution in [0.2, 0.25) is 0 Å². The van der Waals surface area contributed by atoms with Crippen molar-refractivity contribution in [2.75, 3.05) is 0 Å². The van der Waals surface area contributed by atoms with Gasteiger partial charge in [-0.2, -0.15) is 5.10 Å². The van der Waals surface area contributed by atoms with Gasteiger partial charge in [0, 0.05) is 18.6 Å². The lowest BCUT2D eigenvalue weighted by molar-refractivity contribution is 0.892. The molecule has 0 saturated carbocycles. The zero-order chi connectivity index (χ0) is 5.70. The van der Waals surface area contributed by atoms with Crippen LogP contribution < -0.4 is 11.2 Å². The molecule has 0 aromatic heterocycles. The summed E-state index contributed by atoms with van der Waals surface area (Å²) in [6, 6.07) is 0. The van der Waals surface area contributed by atoms with Crippen LogP contribution in [-0.4, -0.2) is 6.72 Å². The van der Waals surface area contributed by atoms with E-state index >= 15 is 0 Å². The van der Waals surface area contributed by atoms with Gasteiger partial charge in [-0.15, -0.1) is 0 Å². The molecule has 0 heterocycles. The molecule has 0 aromatic carbocycles. The van der Waals surface area contributed by atoms with Crippen molar-refractivity contribution in [2.45, 2.75) is 6.92 Å². The summed E-state index contributed by atoms with van der Waals surface area (Å²) in [5.41, 5.74) is 8.39. The molecule has 0 aromatic rings. The molecule has 0 aliphatic heterocycles. The fourth-order valence-corrected chi connectivity index (χ4v) is 0.162. The molecule has 0 aliphatic carbocycles. The van der Waals surface area contributed by atoms with Crippen molar-refractivity contribution in [1.82, 2.24) is 5.43 Å². The second kappa shape index (κ2) is 3.21. The summed E-state index contributed by atoms with van der Waals surface area (Å²) in [5.74, 6) is 0. The smallest absolute Gasteiger partial charge is 0.0459 e. The van der Waals surface area contributed by atoms with Crippen LogP contribution >= 0.6 is 0 Å². The van der Waals surface area contributed by atoms with Gasteiger partial charge in [0.2, 0.25) is 0 Å². The predicted octanol–water partition coefficient (Wildman–Crippen LogP) is 0.0116. The van der Waals surface area contributed by atoms with Crippen LogP contribution in [0, 0.1) is 0 Å². The molecule has 3 nitrogen and oxygen atoms in total. The van der Waals surface area contributed by atoms with E-state index in [1.807, 2.05) is 0 Å². The molecule has 0 amide bonds. The molecule has 3 heteroatoms. The minimum Gasteiger partial charge on any atom is -0.403 e. The Morgan fingerprint density at radius 3 is 2.71 bits per heavy atom. The van der Waals surface area contributed by atoms with Gasteiger partial charge in [-0.1, -0.05) is 0 Å². The number of hydrogen-bond acceptors (Lipinski definition) is 3. The predicted molar refractivity (Wildman–Crippen MR) is 30.6 cm³/mol. The number of nitrogens with zero attached hydrogens (tertiary/aromatic N) is 1. The third-order valence-corrected chi connectivity index (χ3v) is 0.505. The molecule has 0 bridgehead atoms. The lowest BCUT2D eigenvalue weighted by atomic mass is 10.6. The quantitative estimate of drug-likeness (QED) is 0.378. The fourth-order valence-electron chi connectivity index (χ4n) is 0.162. The Labute approximate surface area is 42.9 Å². The van der Waals surface area contributed by atoms with E-state index in [9.17, 15) is 0 Å². The maximum Gasteiger partial charge on any atom is 0.0459 e. The molecular formula is C4H9N3. The van der Waals surface area contributed by atoms with Crippen molar-refractivity contribution in [2.24, 2.45) is 10.8 Å². The zero-order valence-electron chi connectivity index (χ0n) is 4.31. The summed E-state index contributed by atoms with van der Waals surface area (Å²) in [7, 11) is 0. The topological polar surface area (TPSA) is 50.4 Å². The first-order chi connectivity index (χ1) is 3.31. The Morgan fingerprint density at radius 2 is 2.57 bits per heavy atom. The van der Waals surface area contributed by atoms with E-state index in [1.54, 1.807) is 6.92 Å². The summed E-state index contributed by atoms with van der Waals surface area (Å²) in [5, 5.41) is 3.36. The van der Waals surface area contributed by atoms with Gasteiger partial charge in [0.25, 0.3) is 0 Å². The molecule has 0 spiro atoms. The molecule has 0 radical (unpaired) electrons. The lowest BCUT2D eigenvalue weighted by Crippen LogP contribution is -2.01. The monoisotopic (exact) mass is 99.1 g/mol. The van der Waals surface area contributed by atoms with Crippen molar-refractivity contribution in [3.05, 3.63) is 11.9 Å². The van der Waals surface area contributed by atoms with Crippen LogP contribution in [0.1, 0.15) is 6.92 Å². The molecule has 0 atom stereocenters. The number of nitrogens with two attached hydrogens (primary N) is 1. The Balaban J connectivity index is 3.36. The maximum absolute atomic E-state index is 5.05. The van der Waals surface area contributed by atoms with Crippen LogP contribution in [-0.2, 0) is 0 Å². The molecule has 0 aliphatic rings. The van der Waals surface area contributed by atoms with Crippen molar-refractivity contribution in [3.63, 3.8) is 0 Å². The highest BCUT2D eigenvalue weighted by Crippen LogP contribution is 1.76. The standard InChI is InChI=1S/C4H9N3/c1-4(3-5)7-6-2/h3,7H,2,5H2,1H3/b4-3-. The maximum atomic E-state index is 5.05. The average molecular weight is 99.1 g/mol. The SMILES string of the molecule is C=NN/C(C)=C\N. The number of rotatable bonds is 2. The van der Waals surface area contributed by atoms with E-state index in [0.717, 1.165) is 5.70 Å². The Kier molecular flexibility index (Phi) is 2.76. The Bertz CT molecular complexity index is 84.9. The van der Waals surface area contributed by atoms with Gasteiger partial charge in [-0.25, -0.2) is 0 Å². The highest BCUT2D eigenvalue weighted by molar-refractivity contribution is 5.23. The second-order valence-corrected chi connectivity index (χ2v) is 1.12. The summed E-state index contributed by atoms with van der Waals surface area (Å²) >= 11 is 0. The van der Waals surface area contributed by atoms with Crippen molar-refractivity contribution >= 4 is 6.72 Å². The van der Waals surface area contributed by atoms with Gasteiger partial charge in [0.15, 0.2) is 0 Å². The van der Waals surface area contributed by atoms with E-state index < -0.39 is 0 Å². The third-order valence-electron chi connectivity index (χ3n) is 0.505. The first-order valence-electron chi connectivity index (χ1n) is 1.91. The molecule has 40 valence electrons. The van der Waals surface area contributed by atoms with Crippen molar-refractivity contribution in [3.8, 4) is 0 Å². The van der Waals surface area contributed by atoms with Crippen LogP contribution in [0.25, 0.3) is 0 Å². The molecule has 0 rings (SSSR count). The first kappa shape index (κ1) is 6.01. The summed E-state index contributed by atoms with van der Waals surface area (Å²) in [4.78, 5) is 0. The number of hydrogen-bond donors (Lipinski definition) is 2. The number of allylic oxidation sites excluding steroid dienone is 1. The Morgan fingerprint density at radius 1 is 2.00 bits per heavy atom. The van der Waals surface area contributed by atoms with E-state index in [2.05, 4.69) is 17.2 Å². The van der Waals surface area contributed by atoms with Crippen LogP contribution in [0.3, 0.4) is 0 Å². The van der Waals surface area contributed by atoms with Gasteiger partial charge in [0.1, 0.15) is 0 Å². The Hall–Kier alpha value is -0.990. The summed E-state index contributed by atoms with van der Waals surface area (Å²) in [6.45, 7) is 4.99. The van der Waals surface area contributed by atoms with E-state index in [0.29, 0.717) is 0 Å². The van der Waals surface area contributed by atoms with Crippen LogP contribution in [0.15, 0.2) is 17.0 Å². The van der Waals surface area contributed by atoms with E-state index in [4.69, 9.17) is 5.73 Å². The van der Waals surface area contributed by atoms with Gasteiger partial charge in [-0.3, -0.25) is 5.43 Å². The summed E-state index contributed by atoms with van der Waals surface area (Å²) < 4.78 is 0. The zero-order valence-corrected chi connectivity index (χ0v) is 4.31. The number of nitrogens with one attached hydrogen (secondary N) is 1. The molecule has 0 fully saturated rings. The molecule has 7 heavy (non-hydrogen) atoms. The van der Waals surface area contributed by atoms with Crippen LogP contribution in [0.4, 0.5) is 0 Å².